The summed E-state index contributed by atoms with van der Waals surface area (Å²) in [4.78, 5) is 14.6. The summed E-state index contributed by atoms with van der Waals surface area (Å²) in [6.45, 7) is 0. The Morgan fingerprint density at radius 3 is 1.06 bits per heavy atom. The zero-order valence-corrected chi connectivity index (χ0v) is 29.1. The first-order chi connectivity index (χ1) is 26.7. The second-order valence-electron chi connectivity index (χ2n) is 13.5. The number of hydrogen-bond donors (Lipinski definition) is 0. The Labute approximate surface area is 313 Å². The van der Waals surface area contributed by atoms with Gasteiger partial charge in [0.15, 0.2) is 17.5 Å². The monoisotopic (exact) mass is 686 g/mol. The second-order valence-corrected chi connectivity index (χ2v) is 13.5. The minimum atomic E-state index is 0.636. The predicted molar refractivity (Wildman–Crippen MR) is 219 cm³/mol. The number of nitrogens with zero attached hydrogens (tertiary/aromatic N) is 4. The van der Waals surface area contributed by atoms with E-state index in [1.807, 2.05) is 72.8 Å². The molecule has 8 aromatic carbocycles. The molecule has 4 heteroatoms. The molecule has 0 amide bonds. The molecule has 1 aliphatic rings. The molecule has 1 heterocycles. The summed E-state index contributed by atoms with van der Waals surface area (Å²) in [5, 5.41) is 12.0. The Morgan fingerprint density at radius 1 is 0.278 bits per heavy atom. The summed E-state index contributed by atoms with van der Waals surface area (Å²) in [6.07, 6.45) is 0. The fourth-order valence-corrected chi connectivity index (χ4v) is 7.69. The Kier molecular flexibility index (Phi) is 7.49. The zero-order valence-electron chi connectivity index (χ0n) is 29.1. The van der Waals surface area contributed by atoms with Crippen molar-refractivity contribution in [3.8, 4) is 95.9 Å². The van der Waals surface area contributed by atoms with Crippen LogP contribution in [0.15, 0.2) is 182 Å². The molecule has 1 aliphatic carbocycles. The van der Waals surface area contributed by atoms with Crippen molar-refractivity contribution < 1.29 is 0 Å². The van der Waals surface area contributed by atoms with E-state index in [1.165, 1.54) is 38.6 Å². The molecule has 250 valence electrons. The summed E-state index contributed by atoms with van der Waals surface area (Å²) in [5.74, 6) is 1.93. The van der Waals surface area contributed by atoms with Gasteiger partial charge in [0, 0.05) is 16.7 Å². The van der Waals surface area contributed by atoms with E-state index in [0.717, 1.165) is 44.5 Å². The number of hydrogen-bond acceptors (Lipinski definition) is 4. The maximum absolute atomic E-state index is 9.46. The highest BCUT2D eigenvalue weighted by molar-refractivity contribution is 6.22. The van der Waals surface area contributed by atoms with Gasteiger partial charge in [-0.15, -0.1) is 0 Å². The van der Waals surface area contributed by atoms with Gasteiger partial charge in [0.1, 0.15) is 0 Å². The lowest BCUT2D eigenvalue weighted by Gasteiger charge is -2.15. The van der Waals surface area contributed by atoms with Crippen LogP contribution in [0.1, 0.15) is 5.56 Å². The highest BCUT2D eigenvalue weighted by Gasteiger charge is 2.25. The molecule has 0 aliphatic heterocycles. The minimum Gasteiger partial charge on any atom is -0.208 e. The topological polar surface area (TPSA) is 62.5 Å². The number of rotatable bonds is 6. The van der Waals surface area contributed by atoms with Gasteiger partial charge in [0.25, 0.3) is 0 Å². The van der Waals surface area contributed by atoms with Crippen LogP contribution < -0.4 is 0 Å². The largest absolute Gasteiger partial charge is 0.208 e. The summed E-state index contributed by atoms with van der Waals surface area (Å²) in [5.41, 5.74) is 15.4. The molecule has 1 aromatic heterocycles. The van der Waals surface area contributed by atoms with Crippen LogP contribution in [0.2, 0.25) is 0 Å². The lowest BCUT2D eigenvalue weighted by Crippen LogP contribution is -2.00. The summed E-state index contributed by atoms with van der Waals surface area (Å²) in [6, 6.07) is 65.3. The van der Waals surface area contributed by atoms with Crippen LogP contribution in [0.25, 0.3) is 101 Å². The fraction of sp³-hybridized carbons (Fsp3) is 0. The van der Waals surface area contributed by atoms with Gasteiger partial charge >= 0.3 is 0 Å². The molecule has 0 atom stereocenters. The van der Waals surface area contributed by atoms with E-state index >= 15 is 0 Å². The van der Waals surface area contributed by atoms with Crippen molar-refractivity contribution in [1.82, 2.24) is 15.0 Å². The van der Waals surface area contributed by atoms with Gasteiger partial charge in [-0.2, -0.15) is 5.26 Å². The zero-order chi connectivity index (χ0) is 36.0. The van der Waals surface area contributed by atoms with Gasteiger partial charge < -0.3 is 0 Å². The molecule has 54 heavy (non-hydrogen) atoms. The standard InChI is InChI=1S/C50H30N4/c51-31-32-15-17-35(18-16-32)40-27-29-44-42-13-7-8-14-43(42)45-30-28-41(46(40)47(44)45)36-23-19-33(20-24-36)34-21-25-39(26-22-34)50-53-48(37-9-3-1-4-10-37)52-49(54-50)38-11-5-2-6-12-38/h1-30H. The van der Waals surface area contributed by atoms with Crippen LogP contribution in [-0.4, -0.2) is 15.0 Å². The summed E-state index contributed by atoms with van der Waals surface area (Å²) < 4.78 is 0. The molecule has 0 radical (unpaired) electrons. The normalized spacial score (nSPS) is 11.3. The minimum absolute atomic E-state index is 0.636. The Hall–Kier alpha value is -7.48. The summed E-state index contributed by atoms with van der Waals surface area (Å²) in [7, 11) is 0. The van der Waals surface area contributed by atoms with Crippen LogP contribution in [-0.2, 0) is 0 Å². The molecular formula is C50H30N4. The van der Waals surface area contributed by atoms with Gasteiger partial charge in [0.2, 0.25) is 0 Å². The molecule has 0 saturated carbocycles. The molecule has 0 unspecified atom stereocenters. The highest BCUT2D eigenvalue weighted by atomic mass is 15.0. The van der Waals surface area contributed by atoms with Crippen LogP contribution in [0.3, 0.4) is 0 Å². The predicted octanol–water partition coefficient (Wildman–Crippen LogP) is 12.5. The lowest BCUT2D eigenvalue weighted by molar-refractivity contribution is 1.07. The van der Waals surface area contributed by atoms with Gasteiger partial charge in [-0.05, 0) is 78.5 Å². The average molecular weight is 687 g/mol. The molecular weight excluding hydrogens is 657 g/mol. The Bertz CT molecular complexity index is 2800. The molecule has 0 bridgehead atoms. The van der Waals surface area contributed by atoms with Crippen molar-refractivity contribution >= 4 is 10.8 Å². The lowest BCUT2D eigenvalue weighted by atomic mass is 9.88. The molecule has 9 aromatic rings. The third-order valence-corrected chi connectivity index (χ3v) is 10.4. The number of nitriles is 1. The third kappa shape index (κ3) is 5.35. The number of benzene rings is 8. The van der Waals surface area contributed by atoms with Gasteiger partial charge in [-0.3, -0.25) is 0 Å². The van der Waals surface area contributed by atoms with Crippen molar-refractivity contribution in [3.05, 3.63) is 188 Å². The Balaban J connectivity index is 1.03. The van der Waals surface area contributed by atoms with Gasteiger partial charge in [-0.1, -0.05) is 170 Å². The average Bonchev–Trinajstić information content (AvgIpc) is 3.59. The van der Waals surface area contributed by atoms with E-state index in [4.69, 9.17) is 15.0 Å². The molecule has 4 nitrogen and oxygen atoms in total. The van der Waals surface area contributed by atoms with Crippen molar-refractivity contribution in [1.29, 1.82) is 5.26 Å². The van der Waals surface area contributed by atoms with Crippen molar-refractivity contribution in [2.75, 3.05) is 0 Å². The van der Waals surface area contributed by atoms with E-state index < -0.39 is 0 Å². The first kappa shape index (κ1) is 31.3. The third-order valence-electron chi connectivity index (χ3n) is 10.4. The highest BCUT2D eigenvalue weighted by Crippen LogP contribution is 2.52. The van der Waals surface area contributed by atoms with Gasteiger partial charge in [-0.25, -0.2) is 15.0 Å². The molecule has 10 rings (SSSR count). The fourth-order valence-electron chi connectivity index (χ4n) is 7.69. The maximum Gasteiger partial charge on any atom is 0.164 e. The van der Waals surface area contributed by atoms with E-state index in [1.54, 1.807) is 0 Å². The van der Waals surface area contributed by atoms with Crippen molar-refractivity contribution in [2.24, 2.45) is 0 Å². The maximum atomic E-state index is 9.46. The first-order valence-corrected chi connectivity index (χ1v) is 18.0. The molecule has 0 spiro atoms. The Morgan fingerprint density at radius 2 is 0.611 bits per heavy atom. The van der Waals surface area contributed by atoms with E-state index in [-0.39, 0.29) is 0 Å². The molecule has 0 saturated heterocycles. The van der Waals surface area contributed by atoms with E-state index in [2.05, 4.69) is 115 Å². The van der Waals surface area contributed by atoms with E-state index in [0.29, 0.717) is 23.0 Å². The SMILES string of the molecule is N#Cc1ccc(-c2ccc3c4c(ccc(-c5ccc(-c6ccc(-c7nc(-c8ccccc8)nc(-c8ccccc8)n7)cc6)cc5)c24)-c2ccccc2-3)cc1. The van der Waals surface area contributed by atoms with E-state index in [9.17, 15) is 5.26 Å². The van der Waals surface area contributed by atoms with Crippen molar-refractivity contribution in [2.45, 2.75) is 0 Å². The number of fused-ring (bicyclic) bond motifs is 3. The number of aromatic nitrogens is 3. The quantitative estimate of drug-likeness (QED) is 0.175. The molecule has 0 fully saturated rings. The van der Waals surface area contributed by atoms with Crippen LogP contribution >= 0.6 is 0 Å². The first-order valence-electron chi connectivity index (χ1n) is 18.0. The molecule has 0 N–H and O–H groups in total. The van der Waals surface area contributed by atoms with Crippen LogP contribution in [0, 0.1) is 11.3 Å². The summed E-state index contributed by atoms with van der Waals surface area (Å²) >= 11 is 0. The van der Waals surface area contributed by atoms with Crippen molar-refractivity contribution in [3.63, 3.8) is 0 Å². The van der Waals surface area contributed by atoms with Crippen LogP contribution in [0.4, 0.5) is 0 Å². The smallest absolute Gasteiger partial charge is 0.164 e. The van der Waals surface area contributed by atoms with Gasteiger partial charge in [0.05, 0.1) is 11.6 Å². The second kappa shape index (κ2) is 12.9. The van der Waals surface area contributed by atoms with Crippen LogP contribution in [0.5, 0.6) is 0 Å².